The highest BCUT2D eigenvalue weighted by atomic mass is 16.2. The first-order chi connectivity index (χ1) is 9.20. The van der Waals surface area contributed by atoms with Gasteiger partial charge in [-0.2, -0.15) is 0 Å². The van der Waals surface area contributed by atoms with Gasteiger partial charge in [-0.1, -0.05) is 36.3 Å². The summed E-state index contributed by atoms with van der Waals surface area (Å²) in [6, 6.07) is 10.1. The molecule has 0 aliphatic carbocycles. The molecular weight excluding hydrogens is 236 g/mol. The third-order valence-electron chi connectivity index (χ3n) is 3.87. The molecule has 1 aromatic carbocycles. The Labute approximate surface area is 115 Å². The lowest BCUT2D eigenvalue weighted by atomic mass is 9.72. The Morgan fingerprint density at radius 2 is 2.00 bits per heavy atom. The van der Waals surface area contributed by atoms with Crippen molar-refractivity contribution in [2.24, 2.45) is 0 Å². The summed E-state index contributed by atoms with van der Waals surface area (Å²) >= 11 is 0. The maximum atomic E-state index is 12.8. The lowest BCUT2D eigenvalue weighted by Gasteiger charge is -2.39. The van der Waals surface area contributed by atoms with Crippen LogP contribution in [0.2, 0.25) is 0 Å². The molecule has 19 heavy (non-hydrogen) atoms. The van der Waals surface area contributed by atoms with Crippen molar-refractivity contribution in [3.63, 3.8) is 0 Å². The molecule has 0 saturated carbocycles. The zero-order chi connectivity index (χ0) is 13.7. The van der Waals surface area contributed by atoms with Crippen LogP contribution in [0.1, 0.15) is 18.4 Å². The number of amides is 1. The minimum absolute atomic E-state index is 0.137. The van der Waals surface area contributed by atoms with Crippen LogP contribution in [0.4, 0.5) is 0 Å². The molecule has 0 atom stereocenters. The van der Waals surface area contributed by atoms with Gasteiger partial charge in [-0.05, 0) is 31.5 Å². The van der Waals surface area contributed by atoms with Gasteiger partial charge in [0.25, 0.3) is 0 Å². The van der Waals surface area contributed by atoms with Gasteiger partial charge in [0.2, 0.25) is 5.91 Å². The van der Waals surface area contributed by atoms with E-state index in [2.05, 4.69) is 11.2 Å². The van der Waals surface area contributed by atoms with E-state index in [-0.39, 0.29) is 5.91 Å². The van der Waals surface area contributed by atoms with Crippen LogP contribution < -0.4 is 5.32 Å². The number of terminal acetylenes is 1. The molecule has 0 spiro atoms. The first-order valence-corrected chi connectivity index (χ1v) is 6.66. The number of piperidine rings is 1. The average Bonchev–Trinajstić information content (AvgIpc) is 2.48. The molecule has 1 aliphatic rings. The maximum absolute atomic E-state index is 12.8. The Hall–Kier alpha value is -1.79. The maximum Gasteiger partial charge on any atom is 0.233 e. The summed E-state index contributed by atoms with van der Waals surface area (Å²) in [4.78, 5) is 14.5. The predicted octanol–water partition coefficient (Wildman–Crippen LogP) is 1.40. The quantitative estimate of drug-likeness (QED) is 0.829. The molecule has 3 nitrogen and oxygen atoms in total. The van der Waals surface area contributed by atoms with Crippen LogP contribution in [-0.2, 0) is 10.2 Å². The Bertz CT molecular complexity index is 469. The van der Waals surface area contributed by atoms with E-state index < -0.39 is 5.41 Å². The second-order valence-electron chi connectivity index (χ2n) is 5.06. The van der Waals surface area contributed by atoms with Crippen LogP contribution in [0, 0.1) is 12.3 Å². The van der Waals surface area contributed by atoms with Crippen LogP contribution in [0.5, 0.6) is 0 Å². The lowest BCUT2D eigenvalue weighted by Crippen LogP contribution is -2.51. The van der Waals surface area contributed by atoms with E-state index in [1.54, 1.807) is 11.9 Å². The highest BCUT2D eigenvalue weighted by Crippen LogP contribution is 2.35. The number of rotatable bonds is 3. The van der Waals surface area contributed by atoms with Crippen molar-refractivity contribution in [1.29, 1.82) is 0 Å². The van der Waals surface area contributed by atoms with Crippen molar-refractivity contribution in [3.05, 3.63) is 35.9 Å². The SMILES string of the molecule is C#CCN(C)C(=O)C1(c2ccccc2)CCNCC1. The second kappa shape index (κ2) is 5.90. The minimum atomic E-state index is -0.419. The van der Waals surface area contributed by atoms with E-state index in [9.17, 15) is 4.79 Å². The van der Waals surface area contributed by atoms with E-state index in [0.717, 1.165) is 31.5 Å². The zero-order valence-corrected chi connectivity index (χ0v) is 11.4. The summed E-state index contributed by atoms with van der Waals surface area (Å²) < 4.78 is 0. The number of nitrogens with one attached hydrogen (secondary N) is 1. The molecule has 1 heterocycles. The Morgan fingerprint density at radius 3 is 2.58 bits per heavy atom. The minimum Gasteiger partial charge on any atom is -0.334 e. The van der Waals surface area contributed by atoms with Crippen LogP contribution in [-0.4, -0.2) is 37.5 Å². The Morgan fingerprint density at radius 1 is 1.37 bits per heavy atom. The number of hydrogen-bond acceptors (Lipinski definition) is 2. The van der Waals surface area contributed by atoms with Gasteiger partial charge in [0.1, 0.15) is 0 Å². The highest BCUT2D eigenvalue weighted by molar-refractivity contribution is 5.88. The molecule has 0 aromatic heterocycles. The molecule has 0 unspecified atom stereocenters. The van der Waals surface area contributed by atoms with Crippen LogP contribution in [0.3, 0.4) is 0 Å². The standard InChI is InChI=1S/C16H20N2O/c1-3-13-18(2)15(19)16(9-11-17-12-10-16)14-7-5-4-6-8-14/h1,4-8,17H,9-13H2,2H3. The molecule has 1 amide bonds. The Balaban J connectivity index is 2.35. The number of carbonyl (C=O) groups excluding carboxylic acids is 1. The summed E-state index contributed by atoms with van der Waals surface area (Å²) in [6.07, 6.45) is 6.97. The third kappa shape index (κ3) is 2.64. The molecule has 3 heteroatoms. The molecule has 1 fully saturated rings. The van der Waals surface area contributed by atoms with Gasteiger partial charge < -0.3 is 10.2 Å². The summed E-state index contributed by atoms with van der Waals surface area (Å²) in [6.45, 7) is 2.09. The number of carbonyl (C=O) groups is 1. The molecule has 2 rings (SSSR count). The van der Waals surface area contributed by atoms with E-state index in [1.165, 1.54) is 0 Å². The van der Waals surface area contributed by atoms with Crippen molar-refractivity contribution < 1.29 is 4.79 Å². The fourth-order valence-electron chi connectivity index (χ4n) is 2.81. The summed E-state index contributed by atoms with van der Waals surface area (Å²) in [5.74, 6) is 2.68. The van der Waals surface area contributed by atoms with Crippen LogP contribution in [0.15, 0.2) is 30.3 Å². The van der Waals surface area contributed by atoms with Crippen LogP contribution >= 0.6 is 0 Å². The summed E-state index contributed by atoms with van der Waals surface area (Å²) in [7, 11) is 1.79. The number of hydrogen-bond donors (Lipinski definition) is 1. The first kappa shape index (κ1) is 13.6. The van der Waals surface area contributed by atoms with Crippen LogP contribution in [0.25, 0.3) is 0 Å². The van der Waals surface area contributed by atoms with E-state index in [0.29, 0.717) is 6.54 Å². The Kier molecular flexibility index (Phi) is 4.24. The molecule has 1 N–H and O–H groups in total. The van der Waals surface area contributed by atoms with E-state index in [4.69, 9.17) is 6.42 Å². The molecule has 0 bridgehead atoms. The third-order valence-corrected chi connectivity index (χ3v) is 3.87. The molecule has 100 valence electrons. The van der Waals surface area contributed by atoms with Crippen molar-refractivity contribution in [2.45, 2.75) is 18.3 Å². The van der Waals surface area contributed by atoms with Gasteiger partial charge in [0.05, 0.1) is 12.0 Å². The summed E-state index contributed by atoms with van der Waals surface area (Å²) in [5, 5.41) is 3.32. The first-order valence-electron chi connectivity index (χ1n) is 6.66. The smallest absolute Gasteiger partial charge is 0.233 e. The number of likely N-dealkylation sites (N-methyl/N-ethyl adjacent to an activating group) is 1. The van der Waals surface area contributed by atoms with E-state index in [1.807, 2.05) is 30.3 Å². The molecule has 1 saturated heterocycles. The molecular formula is C16H20N2O. The fourth-order valence-corrected chi connectivity index (χ4v) is 2.81. The second-order valence-corrected chi connectivity index (χ2v) is 5.06. The summed E-state index contributed by atoms with van der Waals surface area (Å²) in [5.41, 5.74) is 0.684. The monoisotopic (exact) mass is 256 g/mol. The highest BCUT2D eigenvalue weighted by Gasteiger charge is 2.42. The van der Waals surface area contributed by atoms with Crippen molar-refractivity contribution in [2.75, 3.05) is 26.7 Å². The lowest BCUT2D eigenvalue weighted by molar-refractivity contribution is -0.136. The predicted molar refractivity (Wildman–Crippen MR) is 76.7 cm³/mol. The number of nitrogens with zero attached hydrogens (tertiary/aromatic N) is 1. The normalized spacial score (nSPS) is 17.5. The van der Waals surface area contributed by atoms with Gasteiger partial charge in [-0.25, -0.2) is 0 Å². The number of benzene rings is 1. The molecule has 1 aromatic rings. The molecule has 1 aliphatic heterocycles. The van der Waals surface area contributed by atoms with Crippen molar-refractivity contribution in [3.8, 4) is 12.3 Å². The van der Waals surface area contributed by atoms with Crippen molar-refractivity contribution in [1.82, 2.24) is 10.2 Å². The molecule has 0 radical (unpaired) electrons. The van der Waals surface area contributed by atoms with Gasteiger partial charge >= 0.3 is 0 Å². The topological polar surface area (TPSA) is 32.3 Å². The fraction of sp³-hybridized carbons (Fsp3) is 0.438. The van der Waals surface area contributed by atoms with E-state index >= 15 is 0 Å². The van der Waals surface area contributed by atoms with Gasteiger partial charge in [-0.3, -0.25) is 4.79 Å². The van der Waals surface area contributed by atoms with Gasteiger partial charge in [0.15, 0.2) is 0 Å². The van der Waals surface area contributed by atoms with Crippen molar-refractivity contribution >= 4 is 5.91 Å². The zero-order valence-electron chi connectivity index (χ0n) is 11.4. The van der Waals surface area contributed by atoms with Gasteiger partial charge in [0, 0.05) is 7.05 Å². The van der Waals surface area contributed by atoms with Gasteiger partial charge in [-0.15, -0.1) is 6.42 Å². The average molecular weight is 256 g/mol. The largest absolute Gasteiger partial charge is 0.334 e.